The van der Waals surface area contributed by atoms with Crippen LogP contribution in [0.1, 0.15) is 11.1 Å². The van der Waals surface area contributed by atoms with Gasteiger partial charge in [0.15, 0.2) is 0 Å². The van der Waals surface area contributed by atoms with Gasteiger partial charge < -0.3 is 14.8 Å². The number of aromatic nitrogens is 2. The van der Waals surface area contributed by atoms with E-state index < -0.39 is 10.6 Å². The van der Waals surface area contributed by atoms with Crippen molar-refractivity contribution in [1.82, 2.24) is 9.97 Å². The van der Waals surface area contributed by atoms with Crippen LogP contribution in [0.3, 0.4) is 0 Å². The molecule has 0 saturated carbocycles. The summed E-state index contributed by atoms with van der Waals surface area (Å²) in [6.07, 6.45) is 1.18. The van der Waals surface area contributed by atoms with E-state index in [2.05, 4.69) is 15.3 Å². The lowest BCUT2D eigenvalue weighted by atomic mass is 10.1. The minimum absolute atomic E-state index is 0.0422. The van der Waals surface area contributed by atoms with Crippen LogP contribution in [0.2, 0.25) is 5.02 Å². The van der Waals surface area contributed by atoms with Crippen LogP contribution < -0.4 is 14.8 Å². The summed E-state index contributed by atoms with van der Waals surface area (Å²) >= 11 is 6.02. The fraction of sp³-hybridized carbons (Fsp3) is 0.158. The monoisotopic (exact) mass is 400 g/mol. The summed E-state index contributed by atoms with van der Waals surface area (Å²) < 4.78 is 10.9. The molecule has 0 unspecified atom stereocenters. The predicted molar refractivity (Wildman–Crippen MR) is 106 cm³/mol. The van der Waals surface area contributed by atoms with Crippen molar-refractivity contribution in [2.24, 2.45) is 0 Å². The fourth-order valence-electron chi connectivity index (χ4n) is 2.49. The van der Waals surface area contributed by atoms with E-state index in [9.17, 15) is 10.1 Å². The number of hydrogen-bond donors (Lipinski definition) is 1. The zero-order valence-corrected chi connectivity index (χ0v) is 16.1. The second-order valence-electron chi connectivity index (χ2n) is 5.95. The summed E-state index contributed by atoms with van der Waals surface area (Å²) in [6.45, 7) is 3.89. The molecule has 28 heavy (non-hydrogen) atoms. The molecular weight excluding hydrogens is 384 g/mol. The normalized spacial score (nSPS) is 10.4. The van der Waals surface area contributed by atoms with E-state index in [1.807, 2.05) is 19.9 Å². The molecule has 0 bridgehead atoms. The van der Waals surface area contributed by atoms with Gasteiger partial charge in [0.1, 0.15) is 17.8 Å². The Balaban J connectivity index is 2.01. The Morgan fingerprint density at radius 1 is 1.11 bits per heavy atom. The van der Waals surface area contributed by atoms with Crippen molar-refractivity contribution in [3.63, 3.8) is 0 Å². The summed E-state index contributed by atoms with van der Waals surface area (Å²) in [5.41, 5.74) is 2.10. The van der Waals surface area contributed by atoms with Gasteiger partial charge in [0.25, 0.3) is 0 Å². The van der Waals surface area contributed by atoms with Gasteiger partial charge in [0.05, 0.1) is 17.7 Å². The first-order valence-electron chi connectivity index (χ1n) is 8.24. The van der Waals surface area contributed by atoms with Crippen molar-refractivity contribution < 1.29 is 14.4 Å². The third-order valence-electron chi connectivity index (χ3n) is 4.08. The molecule has 3 aromatic rings. The number of rotatable bonds is 6. The first-order chi connectivity index (χ1) is 13.4. The van der Waals surface area contributed by atoms with Gasteiger partial charge >= 0.3 is 11.6 Å². The summed E-state index contributed by atoms with van der Waals surface area (Å²) in [5, 5.41) is 15.0. The highest BCUT2D eigenvalue weighted by Gasteiger charge is 2.26. The van der Waals surface area contributed by atoms with Gasteiger partial charge in [-0.2, -0.15) is 4.98 Å². The number of nitrogens with zero attached hydrogens (tertiary/aromatic N) is 3. The number of anilines is 2. The Bertz CT molecular complexity index is 1040. The quantitative estimate of drug-likeness (QED) is 0.448. The highest BCUT2D eigenvalue weighted by atomic mass is 35.5. The van der Waals surface area contributed by atoms with Gasteiger partial charge in [-0.3, -0.25) is 10.1 Å². The maximum absolute atomic E-state index is 11.7. The average molecular weight is 401 g/mol. The van der Waals surface area contributed by atoms with Gasteiger partial charge in [0.2, 0.25) is 5.82 Å². The molecule has 1 N–H and O–H groups in total. The lowest BCUT2D eigenvalue weighted by Crippen LogP contribution is -2.04. The van der Waals surface area contributed by atoms with Gasteiger partial charge in [0, 0.05) is 5.02 Å². The van der Waals surface area contributed by atoms with Gasteiger partial charge in [-0.05, 0) is 55.3 Å². The molecule has 0 amide bonds. The summed E-state index contributed by atoms with van der Waals surface area (Å²) in [7, 11) is 1.48. The molecule has 0 atom stereocenters. The van der Waals surface area contributed by atoms with E-state index >= 15 is 0 Å². The zero-order chi connectivity index (χ0) is 20.3. The van der Waals surface area contributed by atoms with Crippen molar-refractivity contribution in [2.75, 3.05) is 12.4 Å². The molecule has 2 aromatic carbocycles. The van der Waals surface area contributed by atoms with Crippen LogP contribution in [-0.2, 0) is 0 Å². The zero-order valence-electron chi connectivity index (χ0n) is 15.4. The smallest absolute Gasteiger partial charge is 0.373 e. The minimum atomic E-state index is -0.601. The molecule has 0 aliphatic rings. The number of aryl methyl sites for hydroxylation is 2. The maximum atomic E-state index is 11.7. The van der Waals surface area contributed by atoms with Gasteiger partial charge in [-0.1, -0.05) is 17.7 Å². The van der Waals surface area contributed by atoms with E-state index in [1.54, 1.807) is 30.3 Å². The fourth-order valence-corrected chi connectivity index (χ4v) is 2.66. The van der Waals surface area contributed by atoms with E-state index in [1.165, 1.54) is 13.4 Å². The third-order valence-corrected chi connectivity index (χ3v) is 4.31. The lowest BCUT2D eigenvalue weighted by molar-refractivity contribution is -0.385. The third kappa shape index (κ3) is 4.12. The summed E-state index contributed by atoms with van der Waals surface area (Å²) in [4.78, 5) is 19.0. The molecule has 144 valence electrons. The minimum Gasteiger partial charge on any atom is -0.495 e. The van der Waals surface area contributed by atoms with Crippen molar-refractivity contribution in [1.29, 1.82) is 0 Å². The van der Waals surface area contributed by atoms with E-state index in [4.69, 9.17) is 21.1 Å². The molecule has 0 spiro atoms. The van der Waals surface area contributed by atoms with Crippen LogP contribution >= 0.6 is 11.6 Å². The molecule has 9 heteroatoms. The second-order valence-corrected chi connectivity index (χ2v) is 6.39. The Morgan fingerprint density at radius 2 is 1.89 bits per heavy atom. The Morgan fingerprint density at radius 3 is 2.57 bits per heavy atom. The first kappa shape index (κ1) is 19.4. The van der Waals surface area contributed by atoms with Crippen molar-refractivity contribution in [3.05, 3.63) is 69.0 Å². The number of nitro groups is 1. The van der Waals surface area contributed by atoms with Crippen LogP contribution in [0.5, 0.6) is 17.4 Å². The van der Waals surface area contributed by atoms with Crippen molar-refractivity contribution in [3.8, 4) is 17.4 Å². The average Bonchev–Trinajstić information content (AvgIpc) is 2.65. The number of benzene rings is 2. The topological polar surface area (TPSA) is 99.4 Å². The van der Waals surface area contributed by atoms with Crippen molar-refractivity contribution >= 4 is 28.8 Å². The molecule has 1 aromatic heterocycles. The molecule has 0 saturated heterocycles. The highest BCUT2D eigenvalue weighted by molar-refractivity contribution is 6.31. The largest absolute Gasteiger partial charge is 0.495 e. The predicted octanol–water partition coefficient (Wildman–Crippen LogP) is 5.20. The number of ether oxygens (including phenoxy) is 2. The van der Waals surface area contributed by atoms with Crippen LogP contribution in [0.15, 0.2) is 42.7 Å². The molecule has 3 rings (SSSR count). The van der Waals surface area contributed by atoms with E-state index in [-0.39, 0.29) is 11.7 Å². The Hall–Kier alpha value is -3.39. The van der Waals surface area contributed by atoms with Crippen molar-refractivity contribution in [2.45, 2.75) is 13.8 Å². The second kappa shape index (κ2) is 8.10. The molecule has 1 heterocycles. The standard InChI is InChI=1S/C19H17ClN4O4/c1-11-4-6-14(8-12(11)2)28-19-17(24(25)26)18(21-10-22-19)23-15-9-13(20)5-7-16(15)27-3/h4-10H,1-3H3,(H,21,22,23). The Labute approximate surface area is 166 Å². The first-order valence-corrected chi connectivity index (χ1v) is 8.62. The molecule has 8 nitrogen and oxygen atoms in total. The summed E-state index contributed by atoms with van der Waals surface area (Å²) in [5.74, 6) is 0.677. The van der Waals surface area contributed by atoms with Crippen LogP contribution in [0.4, 0.5) is 17.2 Å². The number of nitrogens with one attached hydrogen (secondary N) is 1. The van der Waals surface area contributed by atoms with E-state index in [0.29, 0.717) is 22.2 Å². The van der Waals surface area contributed by atoms with Crippen LogP contribution in [0.25, 0.3) is 0 Å². The molecule has 0 fully saturated rings. The highest BCUT2D eigenvalue weighted by Crippen LogP contribution is 2.38. The SMILES string of the molecule is COc1ccc(Cl)cc1Nc1ncnc(Oc2ccc(C)c(C)c2)c1[N+](=O)[O-]. The van der Waals surface area contributed by atoms with Gasteiger partial charge in [-0.15, -0.1) is 0 Å². The number of hydrogen-bond acceptors (Lipinski definition) is 7. The Kier molecular flexibility index (Phi) is 5.60. The molecule has 0 aliphatic carbocycles. The molecular formula is C19H17ClN4O4. The van der Waals surface area contributed by atoms with Crippen LogP contribution in [-0.4, -0.2) is 22.0 Å². The summed E-state index contributed by atoms with van der Waals surface area (Å²) in [6, 6.07) is 10.2. The van der Waals surface area contributed by atoms with Crippen LogP contribution in [0, 0.1) is 24.0 Å². The maximum Gasteiger partial charge on any atom is 0.373 e. The molecule has 0 aliphatic heterocycles. The number of methoxy groups -OCH3 is 1. The number of halogens is 1. The lowest BCUT2D eigenvalue weighted by Gasteiger charge is -2.12. The molecule has 0 radical (unpaired) electrons. The van der Waals surface area contributed by atoms with Gasteiger partial charge in [-0.25, -0.2) is 4.98 Å². The van der Waals surface area contributed by atoms with E-state index in [0.717, 1.165) is 11.1 Å².